The highest BCUT2D eigenvalue weighted by atomic mass is 16.5. The van der Waals surface area contributed by atoms with Gasteiger partial charge in [-0.1, -0.05) is 35.5 Å². The molecule has 1 saturated heterocycles. The first-order valence-electron chi connectivity index (χ1n) is 7.89. The van der Waals surface area contributed by atoms with Gasteiger partial charge in [-0.15, -0.1) is 0 Å². The molecule has 122 valence electrons. The first kappa shape index (κ1) is 14.7. The Balaban J connectivity index is 1.66. The van der Waals surface area contributed by atoms with Crippen molar-refractivity contribution in [2.75, 3.05) is 13.1 Å². The Hall–Kier alpha value is -2.89. The van der Waals surface area contributed by atoms with E-state index in [0.717, 1.165) is 0 Å². The first-order chi connectivity index (χ1) is 11.7. The lowest BCUT2D eigenvalue weighted by Gasteiger charge is -2.15. The van der Waals surface area contributed by atoms with Crippen molar-refractivity contribution in [2.45, 2.75) is 18.8 Å². The summed E-state index contributed by atoms with van der Waals surface area (Å²) in [5.41, 5.74) is 1.73. The van der Waals surface area contributed by atoms with Gasteiger partial charge in [0.1, 0.15) is 6.26 Å². The third-order valence-electron chi connectivity index (χ3n) is 4.46. The number of carbonyl (C=O) groups excluding carboxylic acids is 1. The Kier molecular flexibility index (Phi) is 3.65. The molecule has 3 aromatic rings. The molecule has 0 aliphatic carbocycles. The first-order valence-corrected chi connectivity index (χ1v) is 7.89. The van der Waals surface area contributed by atoms with Crippen LogP contribution < -0.4 is 0 Å². The SMILES string of the molecule is Cc1noc([C@@H]2CN(C(=O)c3ccoc3)C[C@@H]2c2ccccc2)n1. The summed E-state index contributed by atoms with van der Waals surface area (Å²) in [5.74, 6) is 1.27. The molecular formula is C18H17N3O3. The van der Waals surface area contributed by atoms with E-state index >= 15 is 0 Å². The predicted molar refractivity (Wildman–Crippen MR) is 85.6 cm³/mol. The van der Waals surface area contributed by atoms with Crippen LogP contribution in [0.4, 0.5) is 0 Å². The molecule has 1 aliphatic rings. The fraction of sp³-hybridized carbons (Fsp3) is 0.278. The third-order valence-corrected chi connectivity index (χ3v) is 4.46. The van der Waals surface area contributed by atoms with E-state index in [-0.39, 0.29) is 17.7 Å². The van der Waals surface area contributed by atoms with Crippen LogP contribution in [0.1, 0.15) is 39.5 Å². The number of hydrogen-bond acceptors (Lipinski definition) is 5. The van der Waals surface area contributed by atoms with Gasteiger partial charge in [-0.05, 0) is 18.6 Å². The molecule has 3 heterocycles. The number of aromatic nitrogens is 2. The number of aryl methyl sites for hydroxylation is 1. The van der Waals surface area contributed by atoms with E-state index < -0.39 is 0 Å². The highest BCUT2D eigenvalue weighted by Crippen LogP contribution is 2.39. The molecule has 6 nitrogen and oxygen atoms in total. The normalized spacial score (nSPS) is 20.5. The second kappa shape index (κ2) is 5.96. The molecule has 0 bridgehead atoms. The maximum absolute atomic E-state index is 12.7. The number of likely N-dealkylation sites (tertiary alicyclic amines) is 1. The monoisotopic (exact) mass is 323 g/mol. The second-order valence-corrected chi connectivity index (χ2v) is 6.03. The Morgan fingerprint density at radius 1 is 1.17 bits per heavy atom. The van der Waals surface area contributed by atoms with Gasteiger partial charge >= 0.3 is 0 Å². The molecule has 1 aromatic carbocycles. The Labute approximate surface area is 139 Å². The van der Waals surface area contributed by atoms with Gasteiger partial charge in [0.25, 0.3) is 5.91 Å². The van der Waals surface area contributed by atoms with Crippen molar-refractivity contribution in [1.29, 1.82) is 0 Å². The van der Waals surface area contributed by atoms with Crippen molar-refractivity contribution >= 4 is 5.91 Å². The minimum Gasteiger partial charge on any atom is -0.472 e. The van der Waals surface area contributed by atoms with E-state index in [2.05, 4.69) is 22.3 Å². The van der Waals surface area contributed by atoms with Crippen LogP contribution in [0.5, 0.6) is 0 Å². The van der Waals surface area contributed by atoms with Gasteiger partial charge < -0.3 is 13.8 Å². The standard InChI is InChI=1S/C18H17N3O3/c1-12-19-17(24-20-12)16-10-21(18(22)14-7-8-23-11-14)9-15(16)13-5-3-2-4-6-13/h2-8,11,15-16H,9-10H2,1H3/t15-,16-/m1/s1. The molecule has 4 rings (SSSR count). The summed E-state index contributed by atoms with van der Waals surface area (Å²) < 4.78 is 10.4. The maximum atomic E-state index is 12.7. The van der Waals surface area contributed by atoms with Gasteiger partial charge in [0, 0.05) is 19.0 Å². The molecule has 0 saturated carbocycles. The summed E-state index contributed by atoms with van der Waals surface area (Å²) in [6, 6.07) is 11.8. The number of nitrogens with zero attached hydrogens (tertiary/aromatic N) is 3. The molecular weight excluding hydrogens is 306 g/mol. The summed E-state index contributed by atoms with van der Waals surface area (Å²) in [6.45, 7) is 2.96. The molecule has 1 fully saturated rings. The lowest BCUT2D eigenvalue weighted by Crippen LogP contribution is -2.28. The van der Waals surface area contributed by atoms with Crippen LogP contribution in [0.15, 0.2) is 57.9 Å². The van der Waals surface area contributed by atoms with Gasteiger partial charge in [-0.25, -0.2) is 0 Å². The van der Waals surface area contributed by atoms with Crippen LogP contribution in [-0.4, -0.2) is 34.0 Å². The van der Waals surface area contributed by atoms with Crippen LogP contribution >= 0.6 is 0 Å². The van der Waals surface area contributed by atoms with E-state index in [1.807, 2.05) is 23.1 Å². The van der Waals surface area contributed by atoms with Crippen LogP contribution in [0.25, 0.3) is 0 Å². The van der Waals surface area contributed by atoms with Crippen molar-refractivity contribution in [3.8, 4) is 0 Å². The van der Waals surface area contributed by atoms with E-state index in [0.29, 0.717) is 30.4 Å². The van der Waals surface area contributed by atoms with Crippen LogP contribution in [0, 0.1) is 6.92 Å². The van der Waals surface area contributed by atoms with E-state index in [4.69, 9.17) is 8.94 Å². The Morgan fingerprint density at radius 2 is 1.96 bits per heavy atom. The highest BCUT2D eigenvalue weighted by Gasteiger charge is 2.40. The zero-order valence-electron chi connectivity index (χ0n) is 13.3. The molecule has 0 unspecified atom stereocenters. The minimum absolute atomic E-state index is 0.00977. The molecule has 6 heteroatoms. The van der Waals surface area contributed by atoms with Gasteiger partial charge in [0.2, 0.25) is 5.89 Å². The van der Waals surface area contributed by atoms with E-state index in [9.17, 15) is 4.79 Å². The fourth-order valence-corrected chi connectivity index (χ4v) is 3.29. The van der Waals surface area contributed by atoms with Gasteiger partial charge in [-0.3, -0.25) is 4.79 Å². The smallest absolute Gasteiger partial charge is 0.257 e. The molecule has 1 amide bonds. The van der Waals surface area contributed by atoms with Crippen LogP contribution in [0.2, 0.25) is 0 Å². The van der Waals surface area contributed by atoms with Crippen LogP contribution in [-0.2, 0) is 0 Å². The Bertz CT molecular complexity index is 826. The zero-order valence-corrected chi connectivity index (χ0v) is 13.3. The molecule has 0 spiro atoms. The van der Waals surface area contributed by atoms with Crippen LogP contribution in [0.3, 0.4) is 0 Å². The number of benzene rings is 1. The third kappa shape index (κ3) is 2.60. The van der Waals surface area contributed by atoms with Gasteiger partial charge in [0.05, 0.1) is 17.7 Å². The second-order valence-electron chi connectivity index (χ2n) is 6.03. The lowest BCUT2D eigenvalue weighted by molar-refractivity contribution is 0.0787. The predicted octanol–water partition coefficient (Wildman–Crippen LogP) is 2.99. The summed E-state index contributed by atoms with van der Waals surface area (Å²) in [7, 11) is 0. The molecule has 0 radical (unpaired) electrons. The van der Waals surface area contributed by atoms with Crippen molar-refractivity contribution in [2.24, 2.45) is 0 Å². The largest absolute Gasteiger partial charge is 0.472 e. The zero-order chi connectivity index (χ0) is 16.5. The minimum atomic E-state index is -0.0385. The molecule has 2 aromatic heterocycles. The molecule has 0 N–H and O–H groups in total. The number of amides is 1. The van der Waals surface area contributed by atoms with Gasteiger partial charge in [-0.2, -0.15) is 4.98 Å². The fourth-order valence-electron chi connectivity index (χ4n) is 3.29. The number of carbonyl (C=O) groups is 1. The van der Waals surface area contributed by atoms with Crippen molar-refractivity contribution in [3.05, 3.63) is 71.8 Å². The van der Waals surface area contributed by atoms with Crippen molar-refractivity contribution in [3.63, 3.8) is 0 Å². The quantitative estimate of drug-likeness (QED) is 0.741. The highest BCUT2D eigenvalue weighted by molar-refractivity contribution is 5.94. The topological polar surface area (TPSA) is 72.4 Å². The lowest BCUT2D eigenvalue weighted by atomic mass is 9.89. The molecule has 2 atom stereocenters. The van der Waals surface area contributed by atoms with Crippen molar-refractivity contribution in [1.82, 2.24) is 15.0 Å². The summed E-state index contributed by atoms with van der Waals surface area (Å²) in [4.78, 5) is 18.9. The summed E-state index contributed by atoms with van der Waals surface area (Å²) >= 11 is 0. The van der Waals surface area contributed by atoms with E-state index in [1.54, 1.807) is 13.0 Å². The summed E-state index contributed by atoms with van der Waals surface area (Å²) in [5, 5.41) is 3.90. The summed E-state index contributed by atoms with van der Waals surface area (Å²) in [6.07, 6.45) is 2.99. The molecule has 24 heavy (non-hydrogen) atoms. The van der Waals surface area contributed by atoms with Gasteiger partial charge in [0.15, 0.2) is 5.82 Å². The van der Waals surface area contributed by atoms with E-state index in [1.165, 1.54) is 18.1 Å². The number of rotatable bonds is 3. The average Bonchev–Trinajstić information content (AvgIpc) is 3.35. The molecule has 1 aliphatic heterocycles. The Morgan fingerprint density at radius 3 is 2.62 bits per heavy atom. The number of furan rings is 1. The number of hydrogen-bond donors (Lipinski definition) is 0. The average molecular weight is 323 g/mol. The maximum Gasteiger partial charge on any atom is 0.257 e. The van der Waals surface area contributed by atoms with Crippen molar-refractivity contribution < 1.29 is 13.7 Å².